The van der Waals surface area contributed by atoms with Gasteiger partial charge >= 0.3 is 17.9 Å². The molecule has 0 saturated heterocycles. The summed E-state index contributed by atoms with van der Waals surface area (Å²) in [6.45, 7) is 9.05. The van der Waals surface area contributed by atoms with Gasteiger partial charge in [0.2, 0.25) is 0 Å². The summed E-state index contributed by atoms with van der Waals surface area (Å²) in [6, 6.07) is 17.4. The van der Waals surface area contributed by atoms with Crippen LogP contribution in [-0.4, -0.2) is 31.1 Å². The van der Waals surface area contributed by atoms with Crippen molar-refractivity contribution in [2.45, 2.75) is 12.8 Å². The average molecular weight is 485 g/mol. The monoisotopic (exact) mass is 484 g/mol. The van der Waals surface area contributed by atoms with Crippen LogP contribution in [0.1, 0.15) is 44.7 Å². The molecule has 1 unspecified atom stereocenters. The summed E-state index contributed by atoms with van der Waals surface area (Å²) in [5.41, 5.74) is 4.88. The van der Waals surface area contributed by atoms with Gasteiger partial charge in [0.15, 0.2) is 0 Å². The number of hydrogen-bond donors (Lipinski definition) is 0. The lowest BCUT2D eigenvalue weighted by Crippen LogP contribution is -2.11. The Morgan fingerprint density at radius 1 is 0.806 bits per heavy atom. The summed E-state index contributed by atoms with van der Waals surface area (Å²) < 4.78 is 20.8. The maximum Gasteiger partial charge on any atom is 0.343 e. The van der Waals surface area contributed by atoms with E-state index in [1.807, 2.05) is 31.2 Å². The number of fused-ring (bicyclic) bond motifs is 3. The Labute approximate surface area is 208 Å². The van der Waals surface area contributed by atoms with Crippen LogP contribution >= 0.6 is 0 Å². The highest BCUT2D eigenvalue weighted by Gasteiger charge is 2.27. The minimum absolute atomic E-state index is 0.00678. The van der Waals surface area contributed by atoms with Crippen molar-refractivity contribution in [2.75, 3.05) is 13.2 Å². The van der Waals surface area contributed by atoms with Crippen LogP contribution in [0.2, 0.25) is 0 Å². The SMILES string of the molecule is C=COC(=O)c1ccc2c(c1)C(C)c1cc(OC(=O)c3ccc(OCCOC(=O)C=C)cc3)ccc1-2. The maximum atomic E-state index is 12.7. The van der Waals surface area contributed by atoms with Crippen molar-refractivity contribution < 1.29 is 33.3 Å². The zero-order valence-corrected chi connectivity index (χ0v) is 19.7. The van der Waals surface area contributed by atoms with Crippen molar-refractivity contribution in [1.29, 1.82) is 0 Å². The second-order valence-electron chi connectivity index (χ2n) is 7.98. The normalized spacial score (nSPS) is 13.1. The molecule has 0 spiro atoms. The van der Waals surface area contributed by atoms with E-state index in [2.05, 4.69) is 13.2 Å². The minimum atomic E-state index is -0.514. The lowest BCUT2D eigenvalue weighted by atomic mass is 9.98. The Balaban J connectivity index is 1.41. The van der Waals surface area contributed by atoms with E-state index in [0.717, 1.165) is 34.6 Å². The molecule has 0 amide bonds. The largest absolute Gasteiger partial charge is 0.490 e. The first-order valence-electron chi connectivity index (χ1n) is 11.3. The third-order valence-corrected chi connectivity index (χ3v) is 5.79. The van der Waals surface area contributed by atoms with E-state index in [4.69, 9.17) is 18.9 Å². The predicted molar refractivity (Wildman–Crippen MR) is 133 cm³/mol. The Bertz CT molecular complexity index is 1340. The van der Waals surface area contributed by atoms with Crippen molar-refractivity contribution in [3.05, 3.63) is 108 Å². The summed E-state index contributed by atoms with van der Waals surface area (Å²) in [6.07, 6.45) is 2.19. The molecule has 1 atom stereocenters. The van der Waals surface area contributed by atoms with Crippen molar-refractivity contribution >= 4 is 17.9 Å². The molecular formula is C29H24O7. The predicted octanol–water partition coefficient (Wildman–Crippen LogP) is 5.45. The Morgan fingerprint density at radius 2 is 1.44 bits per heavy atom. The van der Waals surface area contributed by atoms with Crippen molar-refractivity contribution in [3.63, 3.8) is 0 Å². The summed E-state index contributed by atoms with van der Waals surface area (Å²) in [5.74, 6) is -0.514. The second-order valence-corrected chi connectivity index (χ2v) is 7.98. The first-order chi connectivity index (χ1) is 17.4. The number of esters is 3. The fraction of sp³-hybridized carbons (Fsp3) is 0.138. The molecule has 182 valence electrons. The number of carbonyl (C=O) groups excluding carboxylic acids is 3. The van der Waals surface area contributed by atoms with E-state index in [0.29, 0.717) is 22.6 Å². The van der Waals surface area contributed by atoms with Crippen molar-refractivity contribution in [2.24, 2.45) is 0 Å². The standard InChI is InChI=1S/C29H24O7/c1-4-27(30)35-15-14-34-21-9-6-19(7-10-21)29(32)36-22-11-13-24-23-12-8-20(28(31)33-5-2)16-25(23)18(3)26(24)17-22/h4-13,16-18H,1-2,14-15H2,3H3. The zero-order valence-electron chi connectivity index (χ0n) is 19.7. The van der Waals surface area contributed by atoms with E-state index in [1.165, 1.54) is 0 Å². The topological polar surface area (TPSA) is 88.1 Å². The van der Waals surface area contributed by atoms with Gasteiger partial charge in [-0.15, -0.1) is 0 Å². The molecule has 4 rings (SSSR count). The van der Waals surface area contributed by atoms with Gasteiger partial charge in [-0.3, -0.25) is 0 Å². The number of hydrogen-bond acceptors (Lipinski definition) is 7. The molecule has 36 heavy (non-hydrogen) atoms. The summed E-state index contributed by atoms with van der Waals surface area (Å²) in [7, 11) is 0. The van der Waals surface area contributed by atoms with Crippen LogP contribution in [0.4, 0.5) is 0 Å². The van der Waals surface area contributed by atoms with Crippen LogP contribution in [0.25, 0.3) is 11.1 Å². The highest BCUT2D eigenvalue weighted by molar-refractivity contribution is 5.93. The van der Waals surface area contributed by atoms with Crippen LogP contribution in [0.15, 0.2) is 86.2 Å². The molecule has 0 N–H and O–H groups in total. The molecule has 0 bridgehead atoms. The van der Waals surface area contributed by atoms with Gasteiger partial charge < -0.3 is 18.9 Å². The van der Waals surface area contributed by atoms with Gasteiger partial charge in [-0.1, -0.05) is 32.2 Å². The van der Waals surface area contributed by atoms with E-state index >= 15 is 0 Å². The molecular weight excluding hydrogens is 460 g/mol. The van der Waals surface area contributed by atoms with Gasteiger partial charge in [-0.25, -0.2) is 14.4 Å². The zero-order chi connectivity index (χ0) is 25.7. The molecule has 0 aromatic heterocycles. The van der Waals surface area contributed by atoms with Gasteiger partial charge in [0, 0.05) is 12.0 Å². The molecule has 0 fully saturated rings. The molecule has 3 aromatic rings. The van der Waals surface area contributed by atoms with Gasteiger partial charge in [0.1, 0.15) is 24.7 Å². The molecule has 0 radical (unpaired) electrons. The number of rotatable bonds is 9. The summed E-state index contributed by atoms with van der Waals surface area (Å²) in [4.78, 5) is 35.8. The minimum Gasteiger partial charge on any atom is -0.490 e. The van der Waals surface area contributed by atoms with Gasteiger partial charge in [-0.2, -0.15) is 0 Å². The van der Waals surface area contributed by atoms with E-state index < -0.39 is 17.9 Å². The molecule has 0 aliphatic heterocycles. The quantitative estimate of drug-likeness (QED) is 0.131. The van der Waals surface area contributed by atoms with E-state index in [1.54, 1.807) is 36.4 Å². The second kappa shape index (κ2) is 10.7. The maximum absolute atomic E-state index is 12.7. The highest BCUT2D eigenvalue weighted by Crippen LogP contribution is 2.46. The average Bonchev–Trinajstić information content (AvgIpc) is 3.17. The van der Waals surface area contributed by atoms with Crippen LogP contribution in [-0.2, 0) is 14.3 Å². The molecule has 1 aliphatic carbocycles. The van der Waals surface area contributed by atoms with Crippen molar-refractivity contribution in [1.82, 2.24) is 0 Å². The third-order valence-electron chi connectivity index (χ3n) is 5.79. The fourth-order valence-electron chi connectivity index (χ4n) is 4.03. The Hall–Kier alpha value is -4.65. The lowest BCUT2D eigenvalue weighted by Gasteiger charge is -2.10. The molecule has 7 heteroatoms. The summed E-state index contributed by atoms with van der Waals surface area (Å²) in [5, 5.41) is 0. The number of carbonyl (C=O) groups is 3. The molecule has 1 aliphatic rings. The van der Waals surface area contributed by atoms with Crippen LogP contribution in [0.3, 0.4) is 0 Å². The van der Waals surface area contributed by atoms with Crippen molar-refractivity contribution in [3.8, 4) is 22.6 Å². The molecule has 3 aromatic carbocycles. The van der Waals surface area contributed by atoms with Crippen LogP contribution in [0, 0.1) is 0 Å². The first kappa shape index (κ1) is 24.5. The van der Waals surface area contributed by atoms with E-state index in [9.17, 15) is 14.4 Å². The lowest BCUT2D eigenvalue weighted by molar-refractivity contribution is -0.138. The molecule has 7 nitrogen and oxygen atoms in total. The molecule has 0 saturated carbocycles. The Kier molecular flexibility index (Phi) is 7.30. The summed E-state index contributed by atoms with van der Waals surface area (Å²) >= 11 is 0. The molecule has 0 heterocycles. The van der Waals surface area contributed by atoms with Crippen LogP contribution in [0.5, 0.6) is 11.5 Å². The fourth-order valence-corrected chi connectivity index (χ4v) is 4.03. The third kappa shape index (κ3) is 5.20. The van der Waals surface area contributed by atoms with E-state index in [-0.39, 0.29) is 19.1 Å². The first-order valence-corrected chi connectivity index (χ1v) is 11.3. The number of ether oxygens (including phenoxy) is 4. The Morgan fingerprint density at radius 3 is 2.14 bits per heavy atom. The highest BCUT2D eigenvalue weighted by atomic mass is 16.6. The van der Waals surface area contributed by atoms with Gasteiger partial charge in [0.05, 0.1) is 17.4 Å². The number of benzene rings is 3. The van der Waals surface area contributed by atoms with Gasteiger partial charge in [-0.05, 0) is 70.8 Å². The van der Waals surface area contributed by atoms with Gasteiger partial charge in [0.25, 0.3) is 0 Å². The smallest absolute Gasteiger partial charge is 0.343 e. The van der Waals surface area contributed by atoms with Crippen LogP contribution < -0.4 is 9.47 Å².